The Morgan fingerprint density at radius 1 is 1.00 bits per heavy atom. The molecule has 0 heterocycles. The standard InChI is InChI=1S/C18H27N3O3/c1-11(2)15(19-12(3)22)17(24)20-14-9-7-13(8-10-14)16(23)21-18(4,5)6/h7-11,15H,1-6H3,(H,19,22)(H,20,24)(H,21,23). The summed E-state index contributed by atoms with van der Waals surface area (Å²) in [5.41, 5.74) is 0.779. The van der Waals surface area contributed by atoms with E-state index in [9.17, 15) is 14.4 Å². The number of anilines is 1. The van der Waals surface area contributed by atoms with Crippen LogP contribution in [0.1, 0.15) is 51.9 Å². The predicted octanol–water partition coefficient (Wildman–Crippen LogP) is 2.31. The lowest BCUT2D eigenvalue weighted by Crippen LogP contribution is -2.46. The Bertz CT molecular complexity index is 601. The van der Waals surface area contributed by atoms with E-state index in [0.29, 0.717) is 11.3 Å². The van der Waals surface area contributed by atoms with Crippen molar-refractivity contribution in [1.29, 1.82) is 0 Å². The lowest BCUT2D eigenvalue weighted by Gasteiger charge is -2.21. The number of hydrogen-bond acceptors (Lipinski definition) is 3. The van der Waals surface area contributed by atoms with Crippen molar-refractivity contribution in [2.45, 2.75) is 53.1 Å². The minimum Gasteiger partial charge on any atom is -0.347 e. The van der Waals surface area contributed by atoms with Crippen LogP contribution < -0.4 is 16.0 Å². The highest BCUT2D eigenvalue weighted by molar-refractivity contribution is 5.98. The number of amides is 3. The van der Waals surface area contributed by atoms with Crippen molar-refractivity contribution in [2.24, 2.45) is 5.92 Å². The van der Waals surface area contributed by atoms with Gasteiger partial charge in [-0.2, -0.15) is 0 Å². The topological polar surface area (TPSA) is 87.3 Å². The first-order valence-electron chi connectivity index (χ1n) is 8.00. The third kappa shape index (κ3) is 6.40. The highest BCUT2D eigenvalue weighted by Gasteiger charge is 2.23. The molecule has 0 bridgehead atoms. The van der Waals surface area contributed by atoms with Gasteiger partial charge in [0.05, 0.1) is 0 Å². The van der Waals surface area contributed by atoms with Gasteiger partial charge in [0.2, 0.25) is 11.8 Å². The summed E-state index contributed by atoms with van der Waals surface area (Å²) in [6, 6.07) is 6.03. The van der Waals surface area contributed by atoms with Crippen LogP contribution in [0.25, 0.3) is 0 Å². The molecule has 1 rings (SSSR count). The summed E-state index contributed by atoms with van der Waals surface area (Å²) in [6.07, 6.45) is 0. The van der Waals surface area contributed by atoms with Crippen LogP contribution in [0.15, 0.2) is 24.3 Å². The van der Waals surface area contributed by atoms with Gasteiger partial charge in [-0.05, 0) is 51.0 Å². The second-order valence-corrected chi connectivity index (χ2v) is 7.19. The van der Waals surface area contributed by atoms with Gasteiger partial charge in [-0.15, -0.1) is 0 Å². The Balaban J connectivity index is 2.77. The van der Waals surface area contributed by atoms with Gasteiger partial charge in [0.1, 0.15) is 6.04 Å². The molecular weight excluding hydrogens is 306 g/mol. The molecule has 24 heavy (non-hydrogen) atoms. The van der Waals surface area contributed by atoms with Crippen molar-refractivity contribution in [3.63, 3.8) is 0 Å². The Hall–Kier alpha value is -2.37. The third-order valence-electron chi connectivity index (χ3n) is 3.21. The van der Waals surface area contributed by atoms with Crippen LogP contribution >= 0.6 is 0 Å². The Morgan fingerprint density at radius 3 is 1.96 bits per heavy atom. The van der Waals surface area contributed by atoms with E-state index in [1.807, 2.05) is 34.6 Å². The van der Waals surface area contributed by atoms with E-state index in [-0.39, 0.29) is 29.2 Å². The van der Waals surface area contributed by atoms with Gasteiger partial charge in [-0.1, -0.05) is 13.8 Å². The highest BCUT2D eigenvalue weighted by atomic mass is 16.2. The van der Waals surface area contributed by atoms with Crippen LogP contribution in [0.4, 0.5) is 5.69 Å². The molecule has 0 aliphatic heterocycles. The zero-order valence-electron chi connectivity index (χ0n) is 15.2. The molecule has 0 saturated heterocycles. The molecular formula is C18H27N3O3. The summed E-state index contributed by atoms with van der Waals surface area (Å²) in [7, 11) is 0. The monoisotopic (exact) mass is 333 g/mol. The smallest absolute Gasteiger partial charge is 0.251 e. The van der Waals surface area contributed by atoms with E-state index in [1.54, 1.807) is 24.3 Å². The first-order chi connectivity index (χ1) is 11.0. The summed E-state index contributed by atoms with van der Waals surface area (Å²) in [6.45, 7) is 10.8. The largest absolute Gasteiger partial charge is 0.347 e. The van der Waals surface area contributed by atoms with Gasteiger partial charge in [0, 0.05) is 23.7 Å². The van der Waals surface area contributed by atoms with Gasteiger partial charge in [0.15, 0.2) is 0 Å². The number of nitrogens with one attached hydrogen (secondary N) is 3. The molecule has 0 radical (unpaired) electrons. The van der Waals surface area contributed by atoms with E-state index in [2.05, 4.69) is 16.0 Å². The molecule has 1 aromatic carbocycles. The molecule has 1 unspecified atom stereocenters. The lowest BCUT2D eigenvalue weighted by molar-refractivity contribution is -0.126. The second kappa shape index (κ2) is 7.95. The molecule has 0 fully saturated rings. The maximum absolute atomic E-state index is 12.3. The third-order valence-corrected chi connectivity index (χ3v) is 3.21. The quantitative estimate of drug-likeness (QED) is 0.773. The number of carbonyl (C=O) groups excluding carboxylic acids is 3. The maximum atomic E-state index is 12.3. The minimum atomic E-state index is -0.605. The molecule has 0 aromatic heterocycles. The van der Waals surface area contributed by atoms with Crippen LogP contribution in [0.3, 0.4) is 0 Å². The summed E-state index contributed by atoms with van der Waals surface area (Å²) >= 11 is 0. The summed E-state index contributed by atoms with van der Waals surface area (Å²) in [5, 5.41) is 8.27. The molecule has 6 heteroatoms. The van der Waals surface area contributed by atoms with Crippen LogP contribution in [0.5, 0.6) is 0 Å². The average Bonchev–Trinajstić information content (AvgIpc) is 2.43. The Labute approximate surface area is 143 Å². The minimum absolute atomic E-state index is 0.0364. The molecule has 1 aromatic rings. The SMILES string of the molecule is CC(=O)NC(C(=O)Nc1ccc(C(=O)NC(C)(C)C)cc1)C(C)C. The Kier molecular flexibility index (Phi) is 6.51. The van der Waals surface area contributed by atoms with Crippen molar-refractivity contribution in [3.8, 4) is 0 Å². The number of benzene rings is 1. The molecule has 3 amide bonds. The normalized spacial score (nSPS) is 12.5. The fourth-order valence-electron chi connectivity index (χ4n) is 2.09. The maximum Gasteiger partial charge on any atom is 0.251 e. The van der Waals surface area contributed by atoms with Gasteiger partial charge in [0.25, 0.3) is 5.91 Å². The van der Waals surface area contributed by atoms with E-state index in [0.717, 1.165) is 0 Å². The highest BCUT2D eigenvalue weighted by Crippen LogP contribution is 2.13. The molecule has 0 spiro atoms. The molecule has 0 saturated carbocycles. The van der Waals surface area contributed by atoms with Crippen molar-refractivity contribution >= 4 is 23.4 Å². The molecule has 0 aliphatic rings. The number of hydrogen-bond donors (Lipinski definition) is 3. The van der Waals surface area contributed by atoms with Crippen LogP contribution in [-0.2, 0) is 9.59 Å². The average molecular weight is 333 g/mol. The zero-order valence-corrected chi connectivity index (χ0v) is 15.2. The summed E-state index contributed by atoms with van der Waals surface area (Å²) in [5.74, 6) is -0.741. The first kappa shape index (κ1) is 19.7. The first-order valence-corrected chi connectivity index (χ1v) is 8.00. The van der Waals surface area contributed by atoms with Gasteiger partial charge < -0.3 is 16.0 Å². The van der Waals surface area contributed by atoms with E-state index in [1.165, 1.54) is 6.92 Å². The van der Waals surface area contributed by atoms with Gasteiger partial charge in [-0.3, -0.25) is 14.4 Å². The predicted molar refractivity (Wildman–Crippen MR) is 94.7 cm³/mol. The summed E-state index contributed by atoms with van der Waals surface area (Å²) < 4.78 is 0. The van der Waals surface area contributed by atoms with E-state index in [4.69, 9.17) is 0 Å². The zero-order chi connectivity index (χ0) is 18.5. The molecule has 0 aliphatic carbocycles. The fraction of sp³-hybridized carbons (Fsp3) is 0.500. The van der Waals surface area contributed by atoms with Gasteiger partial charge in [-0.25, -0.2) is 0 Å². The number of carbonyl (C=O) groups is 3. The lowest BCUT2D eigenvalue weighted by atomic mass is 10.0. The van der Waals surface area contributed by atoms with E-state index < -0.39 is 6.04 Å². The van der Waals surface area contributed by atoms with Crippen LogP contribution in [0, 0.1) is 5.92 Å². The molecule has 1 atom stereocenters. The second-order valence-electron chi connectivity index (χ2n) is 7.19. The molecule has 132 valence electrons. The fourth-order valence-corrected chi connectivity index (χ4v) is 2.09. The Morgan fingerprint density at radius 2 is 1.54 bits per heavy atom. The van der Waals surface area contributed by atoms with Crippen molar-refractivity contribution < 1.29 is 14.4 Å². The van der Waals surface area contributed by atoms with Crippen LogP contribution in [-0.4, -0.2) is 29.3 Å². The van der Waals surface area contributed by atoms with E-state index >= 15 is 0 Å². The van der Waals surface area contributed by atoms with Crippen molar-refractivity contribution in [3.05, 3.63) is 29.8 Å². The van der Waals surface area contributed by atoms with Crippen molar-refractivity contribution in [1.82, 2.24) is 10.6 Å². The summed E-state index contributed by atoms with van der Waals surface area (Å²) in [4.78, 5) is 35.6. The number of rotatable bonds is 5. The van der Waals surface area contributed by atoms with Crippen LogP contribution in [0.2, 0.25) is 0 Å². The molecule has 3 N–H and O–H groups in total. The molecule has 6 nitrogen and oxygen atoms in total. The van der Waals surface area contributed by atoms with Gasteiger partial charge >= 0.3 is 0 Å². The van der Waals surface area contributed by atoms with Crippen molar-refractivity contribution in [2.75, 3.05) is 5.32 Å².